The van der Waals surface area contributed by atoms with E-state index in [1.165, 1.54) is 0 Å². The second-order valence-corrected chi connectivity index (χ2v) is 1.04. The first-order valence-electron chi connectivity index (χ1n) is 1.86. The van der Waals surface area contributed by atoms with E-state index in [9.17, 15) is 0 Å². The summed E-state index contributed by atoms with van der Waals surface area (Å²) in [5.74, 6) is -1.67. The van der Waals surface area contributed by atoms with Crippen molar-refractivity contribution in [2.24, 2.45) is 0 Å². The second kappa shape index (κ2) is 71.4. The van der Waals surface area contributed by atoms with Crippen molar-refractivity contribution in [3.8, 4) is 0 Å². The van der Waals surface area contributed by atoms with Gasteiger partial charge in [0.1, 0.15) is 0 Å². The van der Waals surface area contributed by atoms with Crippen LogP contribution in [0.5, 0.6) is 0 Å². The van der Waals surface area contributed by atoms with Crippen molar-refractivity contribution >= 4 is 11.9 Å². The molecule has 0 aromatic heterocycles. The standard InChI is InChI=1S/2C2H4O2.6H2O.Zn/c2*1-2(3)4;;;;;;;/h2*1H3,(H,3,4);6*1H2;. The molecule has 0 spiro atoms. The summed E-state index contributed by atoms with van der Waals surface area (Å²) in [5.41, 5.74) is 0. The van der Waals surface area contributed by atoms with Crippen LogP contribution in [0.3, 0.4) is 0 Å². The summed E-state index contributed by atoms with van der Waals surface area (Å²) < 4.78 is 0. The number of hydrogen-bond donors (Lipinski definition) is 2. The molecule has 98 valence electrons. The molecule has 0 saturated heterocycles. The first kappa shape index (κ1) is 89.7. The van der Waals surface area contributed by atoms with E-state index in [-0.39, 0.29) is 52.3 Å². The van der Waals surface area contributed by atoms with Crippen LogP contribution in [-0.4, -0.2) is 55.0 Å². The van der Waals surface area contributed by atoms with Crippen LogP contribution in [0.2, 0.25) is 0 Å². The zero-order valence-corrected chi connectivity index (χ0v) is 11.4. The maximum atomic E-state index is 9.00. The fraction of sp³-hybridized carbons (Fsp3) is 0.500. The molecule has 0 radical (unpaired) electrons. The minimum Gasteiger partial charge on any atom is -0.481 e. The van der Waals surface area contributed by atoms with Gasteiger partial charge in [-0.05, 0) is 0 Å². The minimum atomic E-state index is -0.833. The fourth-order valence-corrected chi connectivity index (χ4v) is 0. The van der Waals surface area contributed by atoms with Gasteiger partial charge in [0, 0.05) is 33.3 Å². The Morgan fingerprint density at radius 1 is 0.667 bits per heavy atom. The number of carbonyl (C=O) groups is 2. The molecule has 0 atom stereocenters. The fourth-order valence-electron chi connectivity index (χ4n) is 0. The molecule has 0 aliphatic heterocycles. The van der Waals surface area contributed by atoms with Gasteiger partial charge < -0.3 is 43.1 Å². The summed E-state index contributed by atoms with van der Waals surface area (Å²) in [6.45, 7) is 2.17. The Balaban J connectivity index is -0.00000000468. The Labute approximate surface area is 98.5 Å². The van der Waals surface area contributed by atoms with Crippen LogP contribution in [0.25, 0.3) is 0 Å². The van der Waals surface area contributed by atoms with E-state index in [2.05, 4.69) is 0 Å². The monoisotopic (exact) mass is 292 g/mol. The molecule has 15 heavy (non-hydrogen) atoms. The maximum absolute atomic E-state index is 9.00. The molecule has 0 aromatic rings. The molecular weight excluding hydrogens is 273 g/mol. The summed E-state index contributed by atoms with van der Waals surface area (Å²) in [6, 6.07) is 0. The number of carboxylic acid groups (broad SMARTS) is 2. The van der Waals surface area contributed by atoms with Gasteiger partial charge in [-0.15, -0.1) is 0 Å². The predicted octanol–water partition coefficient (Wildman–Crippen LogP) is -4.77. The van der Waals surface area contributed by atoms with Crippen LogP contribution in [0, 0.1) is 0 Å². The zero-order chi connectivity index (χ0) is 7.15. The van der Waals surface area contributed by atoms with Crippen molar-refractivity contribution in [3.63, 3.8) is 0 Å². The Kier molecular flexibility index (Phi) is 427. The van der Waals surface area contributed by atoms with Gasteiger partial charge >= 0.3 is 0 Å². The molecule has 0 amide bonds. The molecule has 11 heteroatoms. The van der Waals surface area contributed by atoms with Crippen molar-refractivity contribution in [1.82, 2.24) is 0 Å². The van der Waals surface area contributed by atoms with E-state index in [0.29, 0.717) is 0 Å². The largest absolute Gasteiger partial charge is 0.481 e. The van der Waals surface area contributed by atoms with E-state index in [1.807, 2.05) is 0 Å². The van der Waals surface area contributed by atoms with Crippen LogP contribution in [0.15, 0.2) is 0 Å². The summed E-state index contributed by atoms with van der Waals surface area (Å²) in [5, 5.41) is 14.8. The Bertz CT molecular complexity index is 75.4. The first-order valence-corrected chi connectivity index (χ1v) is 1.86. The van der Waals surface area contributed by atoms with Crippen molar-refractivity contribution in [2.75, 3.05) is 0 Å². The van der Waals surface area contributed by atoms with Gasteiger partial charge in [-0.3, -0.25) is 9.59 Å². The van der Waals surface area contributed by atoms with Gasteiger partial charge in [-0.2, -0.15) is 0 Å². The Morgan fingerprint density at radius 3 is 0.667 bits per heavy atom. The number of carboxylic acids is 2. The van der Waals surface area contributed by atoms with E-state index in [0.717, 1.165) is 13.8 Å². The third-order valence-electron chi connectivity index (χ3n) is 0. The van der Waals surface area contributed by atoms with Crippen molar-refractivity contribution < 1.29 is 72.1 Å². The topological polar surface area (TPSA) is 264 Å². The molecule has 0 saturated carbocycles. The summed E-state index contributed by atoms with van der Waals surface area (Å²) in [4.78, 5) is 18.0. The van der Waals surface area contributed by atoms with Gasteiger partial charge in [-0.1, -0.05) is 0 Å². The molecule has 0 aromatic carbocycles. The first-order chi connectivity index (χ1) is 3.46. The third kappa shape index (κ3) is 3730. The molecule has 0 unspecified atom stereocenters. The molecule has 0 aliphatic carbocycles. The second-order valence-electron chi connectivity index (χ2n) is 1.04. The Morgan fingerprint density at radius 2 is 0.667 bits per heavy atom. The van der Waals surface area contributed by atoms with Gasteiger partial charge in [0.2, 0.25) is 0 Å². The summed E-state index contributed by atoms with van der Waals surface area (Å²) >= 11 is 0. The number of hydrogen-bond acceptors (Lipinski definition) is 2. The van der Waals surface area contributed by atoms with Crippen molar-refractivity contribution in [3.05, 3.63) is 0 Å². The average Bonchev–Trinajstić information content (AvgIpc) is 1.25. The third-order valence-corrected chi connectivity index (χ3v) is 0. The van der Waals surface area contributed by atoms with Crippen LogP contribution in [0.4, 0.5) is 0 Å². The molecule has 0 fully saturated rings. The van der Waals surface area contributed by atoms with Crippen LogP contribution < -0.4 is 0 Å². The van der Waals surface area contributed by atoms with Crippen LogP contribution >= 0.6 is 0 Å². The van der Waals surface area contributed by atoms with E-state index in [1.54, 1.807) is 0 Å². The number of aliphatic carboxylic acids is 2. The van der Waals surface area contributed by atoms with E-state index >= 15 is 0 Å². The molecule has 0 aliphatic rings. The maximum Gasteiger partial charge on any atom is 0.300 e. The Hall–Kier alpha value is -0.677. The molecule has 10 nitrogen and oxygen atoms in total. The van der Waals surface area contributed by atoms with Gasteiger partial charge in [0.05, 0.1) is 0 Å². The normalized spacial score (nSPS) is 3.33. The quantitative estimate of drug-likeness (QED) is 0.416. The van der Waals surface area contributed by atoms with Crippen LogP contribution in [-0.2, 0) is 29.1 Å². The summed E-state index contributed by atoms with van der Waals surface area (Å²) in [6.07, 6.45) is 0. The predicted molar refractivity (Wildman–Crippen MR) is 48.3 cm³/mol. The van der Waals surface area contributed by atoms with E-state index < -0.39 is 11.9 Å². The zero-order valence-electron chi connectivity index (χ0n) is 8.42. The number of rotatable bonds is 0. The molecule has 0 bridgehead atoms. The minimum absolute atomic E-state index is 0. The summed E-state index contributed by atoms with van der Waals surface area (Å²) in [7, 11) is 0. The van der Waals surface area contributed by atoms with Crippen molar-refractivity contribution in [1.29, 1.82) is 0 Å². The van der Waals surface area contributed by atoms with Crippen LogP contribution in [0.1, 0.15) is 13.8 Å². The average molecular weight is 294 g/mol. The van der Waals surface area contributed by atoms with Gasteiger partial charge in [-0.25, -0.2) is 0 Å². The van der Waals surface area contributed by atoms with Gasteiger partial charge in [0.15, 0.2) is 0 Å². The molecule has 0 heterocycles. The van der Waals surface area contributed by atoms with Crippen molar-refractivity contribution in [2.45, 2.75) is 13.8 Å². The van der Waals surface area contributed by atoms with E-state index in [4.69, 9.17) is 19.8 Å². The smallest absolute Gasteiger partial charge is 0.300 e. The molecule has 14 N–H and O–H groups in total. The molecule has 0 rings (SSSR count). The SMILES string of the molecule is CC(=O)O.CC(=O)O.O.O.O.O.O.O.[Zn]. The van der Waals surface area contributed by atoms with Gasteiger partial charge in [0.25, 0.3) is 11.9 Å². The molecular formula is C4H20O10Zn.